The third kappa shape index (κ3) is 16.5. The smallest absolute Gasteiger partial charge is 0.508 e. The summed E-state index contributed by atoms with van der Waals surface area (Å²) in [4.78, 5) is 0. The van der Waals surface area contributed by atoms with E-state index in [4.69, 9.17) is 23.2 Å². The van der Waals surface area contributed by atoms with E-state index in [2.05, 4.69) is 40.8 Å². The number of phenolic OH excluding ortho intramolecular Hbond substituents is 1. The fraction of sp³-hybridized carbons (Fsp3) is 0.226. The Morgan fingerprint density at radius 2 is 1.02 bits per heavy atom. The fourth-order valence-corrected chi connectivity index (χ4v) is 5.10. The number of alkyl halides is 9. The second-order valence-corrected chi connectivity index (χ2v) is 14.1. The topological polar surface area (TPSA) is 72.8 Å². The van der Waals surface area contributed by atoms with Crippen LogP contribution in [0.25, 0.3) is 0 Å². The van der Waals surface area contributed by atoms with Gasteiger partial charge in [-0.1, -0.05) is 79.3 Å². The quantitative estimate of drug-likeness (QED) is 0.108. The Bertz CT molecular complexity index is 1790. The lowest BCUT2D eigenvalue weighted by Gasteiger charge is -2.10. The van der Waals surface area contributed by atoms with Gasteiger partial charge in [0.15, 0.2) is 13.2 Å². The van der Waals surface area contributed by atoms with Crippen LogP contribution in [0.2, 0.25) is 10.0 Å². The first-order valence-corrected chi connectivity index (χ1v) is 17.2. The molecule has 0 aromatic heterocycles. The van der Waals surface area contributed by atoms with E-state index in [-0.39, 0.29) is 11.5 Å². The van der Waals surface area contributed by atoms with Crippen LogP contribution in [0.3, 0.4) is 0 Å². The maximum absolute atomic E-state index is 12.0. The molecule has 0 spiro atoms. The third-order valence-corrected chi connectivity index (χ3v) is 8.45. The third-order valence-electron chi connectivity index (χ3n) is 5.73. The van der Waals surface area contributed by atoms with Gasteiger partial charge in [0, 0.05) is 19.0 Å². The SMILES string of the molecule is FC(F)(F)COc1ccc(Cc2cc(Br)ccc2Cl)cc1.O=S(=O)(OCC(F)(F)F)C(F)(F)F.Oc1ccc(Cc2cc(Br)ccc2Cl)cc1. The molecule has 50 heavy (non-hydrogen) atoms. The van der Waals surface area contributed by atoms with Crippen molar-refractivity contribution in [2.24, 2.45) is 0 Å². The lowest BCUT2D eigenvalue weighted by molar-refractivity contribution is -0.156. The Morgan fingerprint density at radius 1 is 0.620 bits per heavy atom. The zero-order valence-electron chi connectivity index (χ0n) is 24.8. The van der Waals surface area contributed by atoms with Gasteiger partial charge in [-0.3, -0.25) is 4.18 Å². The molecule has 1 N–H and O–H groups in total. The lowest BCUT2D eigenvalue weighted by Crippen LogP contribution is -2.29. The van der Waals surface area contributed by atoms with E-state index in [0.29, 0.717) is 11.4 Å². The first kappa shape index (κ1) is 43.5. The van der Waals surface area contributed by atoms with Gasteiger partial charge in [0.2, 0.25) is 0 Å². The number of hydrogen-bond acceptors (Lipinski definition) is 5. The maximum atomic E-state index is 12.0. The summed E-state index contributed by atoms with van der Waals surface area (Å²) in [7, 11) is -6.15. The molecule has 0 atom stereocenters. The Kier molecular flexibility index (Phi) is 16.2. The van der Waals surface area contributed by atoms with Gasteiger partial charge in [0.25, 0.3) is 0 Å². The predicted octanol–water partition coefficient (Wildman–Crippen LogP) is 11.4. The van der Waals surface area contributed by atoms with Crippen LogP contribution >= 0.6 is 55.1 Å². The van der Waals surface area contributed by atoms with E-state index in [1.807, 2.05) is 42.5 Å². The highest BCUT2D eigenvalue weighted by molar-refractivity contribution is 9.10. The largest absolute Gasteiger partial charge is 0.523 e. The van der Waals surface area contributed by atoms with Crippen molar-refractivity contribution < 1.29 is 62.0 Å². The predicted molar refractivity (Wildman–Crippen MR) is 177 cm³/mol. The molecular formula is C31H23Br2Cl2F9O5S. The van der Waals surface area contributed by atoms with Crippen molar-refractivity contribution in [1.82, 2.24) is 0 Å². The first-order chi connectivity index (χ1) is 22.9. The van der Waals surface area contributed by atoms with E-state index in [9.17, 15) is 53.0 Å². The van der Waals surface area contributed by atoms with Gasteiger partial charge in [-0.25, -0.2) is 0 Å². The van der Waals surface area contributed by atoms with Gasteiger partial charge in [-0.15, -0.1) is 0 Å². The molecule has 4 aromatic rings. The second-order valence-electron chi connectivity index (χ2n) is 9.82. The fourth-order valence-electron chi connectivity index (χ4n) is 3.49. The summed E-state index contributed by atoms with van der Waals surface area (Å²) in [5, 5.41) is 10.6. The Labute approximate surface area is 307 Å². The molecule has 4 rings (SSSR count). The minimum atomic E-state index is -6.15. The average Bonchev–Trinajstić information content (AvgIpc) is 3.00. The maximum Gasteiger partial charge on any atom is 0.523 e. The van der Waals surface area contributed by atoms with Gasteiger partial charge >= 0.3 is 28.0 Å². The van der Waals surface area contributed by atoms with E-state index in [1.165, 1.54) is 12.1 Å². The summed E-state index contributed by atoms with van der Waals surface area (Å²) in [5.74, 6) is 0.473. The van der Waals surface area contributed by atoms with Crippen molar-refractivity contribution in [3.63, 3.8) is 0 Å². The van der Waals surface area contributed by atoms with Crippen LogP contribution in [0.15, 0.2) is 93.9 Å². The number of hydrogen-bond donors (Lipinski definition) is 1. The van der Waals surface area contributed by atoms with Crippen molar-refractivity contribution in [3.8, 4) is 11.5 Å². The molecule has 0 radical (unpaired) electrons. The normalized spacial score (nSPS) is 11.9. The van der Waals surface area contributed by atoms with Crippen molar-refractivity contribution in [3.05, 3.63) is 126 Å². The van der Waals surface area contributed by atoms with Gasteiger partial charge in [0.1, 0.15) is 11.5 Å². The number of ether oxygens (including phenoxy) is 1. The van der Waals surface area contributed by atoms with E-state index >= 15 is 0 Å². The van der Waals surface area contributed by atoms with Crippen LogP contribution in [0.4, 0.5) is 39.5 Å². The first-order valence-electron chi connectivity index (χ1n) is 13.4. The van der Waals surface area contributed by atoms with E-state index in [1.54, 1.807) is 30.3 Å². The number of halogens is 13. The molecular weight excluding hydrogens is 886 g/mol. The molecule has 0 unspecified atom stereocenters. The number of benzene rings is 4. The summed E-state index contributed by atoms with van der Waals surface area (Å²) in [6.45, 7) is -3.78. The summed E-state index contributed by atoms with van der Waals surface area (Å²) in [6, 6.07) is 25.0. The van der Waals surface area contributed by atoms with Gasteiger partial charge < -0.3 is 9.84 Å². The summed E-state index contributed by atoms with van der Waals surface area (Å²) in [5.41, 5.74) is -1.76. The van der Waals surface area contributed by atoms with Crippen LogP contribution in [0.1, 0.15) is 22.3 Å². The zero-order chi connectivity index (χ0) is 37.9. The average molecular weight is 909 g/mol. The van der Waals surface area contributed by atoms with Crippen LogP contribution in [0.5, 0.6) is 11.5 Å². The molecule has 4 aromatic carbocycles. The summed E-state index contributed by atoms with van der Waals surface area (Å²) < 4.78 is 133. The van der Waals surface area contributed by atoms with Crippen molar-refractivity contribution in [2.45, 2.75) is 30.7 Å². The molecule has 0 saturated heterocycles. The van der Waals surface area contributed by atoms with E-state index in [0.717, 1.165) is 42.6 Å². The summed E-state index contributed by atoms with van der Waals surface area (Å²) in [6.07, 6.45) is -8.10. The highest BCUT2D eigenvalue weighted by Gasteiger charge is 2.49. The minimum Gasteiger partial charge on any atom is -0.508 e. The van der Waals surface area contributed by atoms with Crippen LogP contribution in [0, 0.1) is 0 Å². The Balaban J connectivity index is 0.000000269. The minimum absolute atomic E-state index is 0.191. The van der Waals surface area contributed by atoms with Gasteiger partial charge in [0.05, 0.1) is 0 Å². The molecule has 0 aliphatic heterocycles. The molecule has 274 valence electrons. The van der Waals surface area contributed by atoms with Crippen molar-refractivity contribution >= 4 is 65.2 Å². The van der Waals surface area contributed by atoms with Crippen molar-refractivity contribution in [1.29, 1.82) is 0 Å². The molecule has 5 nitrogen and oxygen atoms in total. The highest BCUT2D eigenvalue weighted by Crippen LogP contribution is 2.28. The molecule has 0 saturated carbocycles. The molecule has 0 bridgehead atoms. The molecule has 0 amide bonds. The Morgan fingerprint density at radius 3 is 1.40 bits per heavy atom. The standard InChI is InChI=1S/C15H11BrClF3O.C13H10BrClO.C3H2F6O3S/c16-12-3-6-14(17)11(8-12)7-10-1-4-13(5-2-10)21-9-15(18,19)20;14-11-3-6-13(15)10(8-11)7-9-1-4-12(16)5-2-9;4-2(5,6)1-12-13(10,11)3(7,8)9/h1-6,8H,7,9H2;1-6,8,16H,7H2;1H2. The molecule has 0 fully saturated rings. The van der Waals surface area contributed by atoms with Crippen molar-refractivity contribution in [2.75, 3.05) is 13.2 Å². The zero-order valence-corrected chi connectivity index (χ0v) is 30.3. The van der Waals surface area contributed by atoms with Crippen LogP contribution in [-0.2, 0) is 27.1 Å². The summed E-state index contributed by atoms with van der Waals surface area (Å²) >= 11 is 19.0. The van der Waals surface area contributed by atoms with Crippen LogP contribution < -0.4 is 4.74 Å². The highest BCUT2D eigenvalue weighted by atomic mass is 79.9. The van der Waals surface area contributed by atoms with Gasteiger partial charge in [-0.2, -0.15) is 47.9 Å². The molecule has 0 aliphatic carbocycles. The lowest BCUT2D eigenvalue weighted by atomic mass is 10.1. The van der Waals surface area contributed by atoms with Crippen LogP contribution in [-0.4, -0.2) is 44.6 Å². The number of phenols is 1. The van der Waals surface area contributed by atoms with E-state index < -0.39 is 41.2 Å². The monoisotopic (exact) mass is 906 g/mol. The molecule has 0 heterocycles. The molecule has 0 aliphatic rings. The second kappa shape index (κ2) is 18.7. The molecule has 19 heteroatoms. The number of aromatic hydroxyl groups is 1. The van der Waals surface area contributed by atoms with Gasteiger partial charge in [-0.05, 0) is 95.8 Å². The Hall–Kier alpha value is -2.70. The number of rotatable bonds is 8.